The summed E-state index contributed by atoms with van der Waals surface area (Å²) in [7, 11) is 0. The van der Waals surface area contributed by atoms with Crippen molar-refractivity contribution in [3.05, 3.63) is 95.6 Å². The highest BCUT2D eigenvalue weighted by Gasteiger charge is 2.43. The first-order valence-corrected chi connectivity index (χ1v) is 12.5. The molecule has 1 atom stereocenters. The maximum Gasteiger partial charge on any atom is 0.338 e. The standard InChI is InChI=1S/C29H25F2N3O5/c30-21-9-5-19(6-10-21)26(35)18-39-29(38)20-7-11-22(12-8-20)34-27(36)17-25(28(34)37)33-15-13-32(14-16-33)24-4-2-1-3-23(24)31/h1-12,25H,13-18H2. The van der Waals surface area contributed by atoms with Gasteiger partial charge < -0.3 is 9.64 Å². The molecule has 3 aromatic rings. The van der Waals surface area contributed by atoms with Crippen LogP contribution in [-0.2, 0) is 14.3 Å². The molecule has 2 fully saturated rings. The summed E-state index contributed by atoms with van der Waals surface area (Å²) < 4.78 is 32.2. The summed E-state index contributed by atoms with van der Waals surface area (Å²) in [5.74, 6) is -2.69. The molecule has 2 amide bonds. The highest BCUT2D eigenvalue weighted by atomic mass is 19.1. The van der Waals surface area contributed by atoms with E-state index in [2.05, 4.69) is 0 Å². The molecule has 1 unspecified atom stereocenters. The Balaban J connectivity index is 1.17. The van der Waals surface area contributed by atoms with Gasteiger partial charge in [-0.3, -0.25) is 19.3 Å². The summed E-state index contributed by atoms with van der Waals surface area (Å²) in [6, 6.07) is 16.6. The molecule has 0 spiro atoms. The number of piperazine rings is 1. The Morgan fingerprint density at radius 2 is 1.46 bits per heavy atom. The third-order valence-electron chi connectivity index (χ3n) is 6.93. The van der Waals surface area contributed by atoms with Gasteiger partial charge in [-0.1, -0.05) is 12.1 Å². The summed E-state index contributed by atoms with van der Waals surface area (Å²) in [4.78, 5) is 55.5. The van der Waals surface area contributed by atoms with Crippen molar-refractivity contribution < 1.29 is 32.7 Å². The summed E-state index contributed by atoms with van der Waals surface area (Å²) in [5.41, 5.74) is 1.21. The molecule has 0 aromatic heterocycles. The lowest BCUT2D eigenvalue weighted by Gasteiger charge is -2.38. The number of anilines is 2. The van der Waals surface area contributed by atoms with Crippen LogP contribution in [0, 0.1) is 11.6 Å². The van der Waals surface area contributed by atoms with Crippen molar-refractivity contribution in [2.45, 2.75) is 12.5 Å². The molecule has 39 heavy (non-hydrogen) atoms. The Labute approximate surface area is 223 Å². The molecule has 0 saturated carbocycles. The topological polar surface area (TPSA) is 87.2 Å². The predicted molar refractivity (Wildman–Crippen MR) is 139 cm³/mol. The minimum Gasteiger partial charge on any atom is -0.454 e. The second kappa shape index (κ2) is 11.1. The fourth-order valence-corrected chi connectivity index (χ4v) is 4.84. The van der Waals surface area contributed by atoms with E-state index in [0.717, 1.165) is 17.0 Å². The number of nitrogens with zero attached hydrogens (tertiary/aromatic N) is 3. The number of carbonyl (C=O) groups is 4. The Kier molecular flexibility index (Phi) is 7.47. The molecule has 0 N–H and O–H groups in total. The minimum absolute atomic E-state index is 0.0355. The van der Waals surface area contributed by atoms with Crippen molar-refractivity contribution in [2.24, 2.45) is 0 Å². The molecule has 3 aromatic carbocycles. The lowest BCUT2D eigenvalue weighted by Crippen LogP contribution is -2.52. The van der Waals surface area contributed by atoms with Crippen LogP contribution in [-0.4, -0.2) is 67.3 Å². The van der Waals surface area contributed by atoms with Gasteiger partial charge in [0, 0.05) is 31.7 Å². The predicted octanol–water partition coefficient (Wildman–Crippen LogP) is 3.46. The van der Waals surface area contributed by atoms with E-state index in [1.807, 2.05) is 9.80 Å². The maximum absolute atomic E-state index is 14.1. The SMILES string of the molecule is O=C(COC(=O)c1ccc(N2C(=O)CC(N3CCN(c4ccccc4F)CC3)C2=O)cc1)c1ccc(F)cc1. The number of carbonyl (C=O) groups excluding carboxylic acids is 4. The van der Waals surface area contributed by atoms with Crippen molar-refractivity contribution in [3.8, 4) is 0 Å². The third kappa shape index (κ3) is 5.56. The van der Waals surface area contributed by atoms with Gasteiger partial charge in [0.2, 0.25) is 5.91 Å². The Hall–Kier alpha value is -4.44. The fourth-order valence-electron chi connectivity index (χ4n) is 4.84. The first-order valence-electron chi connectivity index (χ1n) is 12.5. The number of Topliss-reactive ketones (excluding diaryl/α,β-unsaturated/α-hetero) is 1. The van der Waals surface area contributed by atoms with E-state index >= 15 is 0 Å². The van der Waals surface area contributed by atoms with Crippen molar-refractivity contribution in [1.82, 2.24) is 4.90 Å². The summed E-state index contributed by atoms with van der Waals surface area (Å²) in [6.07, 6.45) is 0.0355. The van der Waals surface area contributed by atoms with E-state index < -0.39 is 30.2 Å². The van der Waals surface area contributed by atoms with Gasteiger partial charge in [-0.05, 0) is 60.7 Å². The normalized spacial score (nSPS) is 17.9. The van der Waals surface area contributed by atoms with Crippen LogP contribution in [0.25, 0.3) is 0 Å². The van der Waals surface area contributed by atoms with Crippen LogP contribution in [0.2, 0.25) is 0 Å². The van der Waals surface area contributed by atoms with Crippen LogP contribution in [0.5, 0.6) is 0 Å². The number of halogens is 2. The van der Waals surface area contributed by atoms with Crippen LogP contribution in [0.15, 0.2) is 72.8 Å². The molecule has 2 saturated heterocycles. The van der Waals surface area contributed by atoms with Crippen molar-refractivity contribution in [1.29, 1.82) is 0 Å². The number of rotatable bonds is 7. The van der Waals surface area contributed by atoms with Crippen molar-refractivity contribution in [3.63, 3.8) is 0 Å². The van der Waals surface area contributed by atoms with Crippen molar-refractivity contribution >= 4 is 34.9 Å². The highest BCUT2D eigenvalue weighted by molar-refractivity contribution is 6.22. The number of imide groups is 1. The second-order valence-corrected chi connectivity index (χ2v) is 9.31. The van der Waals surface area contributed by atoms with Crippen LogP contribution < -0.4 is 9.80 Å². The zero-order valence-corrected chi connectivity index (χ0v) is 20.9. The Bertz CT molecular complexity index is 1400. The number of hydrogen-bond acceptors (Lipinski definition) is 7. The molecule has 0 radical (unpaired) electrons. The van der Waals surface area contributed by atoms with Crippen LogP contribution in [0.1, 0.15) is 27.1 Å². The van der Waals surface area contributed by atoms with E-state index in [-0.39, 0.29) is 35.2 Å². The van der Waals surface area contributed by atoms with E-state index in [9.17, 15) is 28.0 Å². The number of hydrogen-bond donors (Lipinski definition) is 0. The Morgan fingerprint density at radius 3 is 2.13 bits per heavy atom. The van der Waals surface area contributed by atoms with E-state index in [1.165, 1.54) is 42.5 Å². The minimum atomic E-state index is -0.748. The highest BCUT2D eigenvalue weighted by Crippen LogP contribution is 2.28. The van der Waals surface area contributed by atoms with E-state index in [1.54, 1.807) is 18.2 Å². The second-order valence-electron chi connectivity index (χ2n) is 9.31. The maximum atomic E-state index is 14.1. The first kappa shape index (κ1) is 26.2. The molecule has 0 aliphatic carbocycles. The van der Waals surface area contributed by atoms with Gasteiger partial charge >= 0.3 is 5.97 Å². The summed E-state index contributed by atoms with van der Waals surface area (Å²) in [6.45, 7) is 1.56. The number of para-hydroxylation sites is 1. The molecule has 0 bridgehead atoms. The van der Waals surface area contributed by atoms with E-state index in [0.29, 0.717) is 37.6 Å². The zero-order chi connectivity index (χ0) is 27.5. The average molecular weight is 534 g/mol. The molecule has 2 aliphatic rings. The summed E-state index contributed by atoms with van der Waals surface area (Å²) in [5, 5.41) is 0. The molecule has 2 aliphatic heterocycles. The third-order valence-corrected chi connectivity index (χ3v) is 6.93. The van der Waals surface area contributed by atoms with Gasteiger partial charge in [0.25, 0.3) is 5.91 Å². The van der Waals surface area contributed by atoms with Gasteiger partial charge in [0.05, 0.1) is 29.4 Å². The lowest BCUT2D eigenvalue weighted by atomic mass is 10.1. The van der Waals surface area contributed by atoms with E-state index in [4.69, 9.17) is 4.74 Å². The number of amides is 2. The molecule has 10 heteroatoms. The van der Waals surface area contributed by atoms with Crippen LogP contribution in [0.4, 0.5) is 20.2 Å². The van der Waals surface area contributed by atoms with Gasteiger partial charge in [-0.2, -0.15) is 0 Å². The first-order chi connectivity index (χ1) is 18.8. The van der Waals surface area contributed by atoms with Crippen LogP contribution in [0.3, 0.4) is 0 Å². The van der Waals surface area contributed by atoms with Gasteiger partial charge in [0.1, 0.15) is 11.6 Å². The zero-order valence-electron chi connectivity index (χ0n) is 20.9. The van der Waals surface area contributed by atoms with Gasteiger partial charge in [-0.25, -0.2) is 18.5 Å². The number of benzene rings is 3. The monoisotopic (exact) mass is 533 g/mol. The smallest absolute Gasteiger partial charge is 0.338 e. The molecular weight excluding hydrogens is 508 g/mol. The molecule has 8 nitrogen and oxygen atoms in total. The quantitative estimate of drug-likeness (QED) is 0.261. The fraction of sp³-hybridized carbons (Fsp3) is 0.241. The molecular formula is C29H25F2N3O5. The molecule has 2 heterocycles. The Morgan fingerprint density at radius 1 is 0.821 bits per heavy atom. The number of ketones is 1. The summed E-state index contributed by atoms with van der Waals surface area (Å²) >= 11 is 0. The molecule has 200 valence electrons. The largest absolute Gasteiger partial charge is 0.454 e. The number of ether oxygens (including phenoxy) is 1. The molecule has 5 rings (SSSR count). The lowest BCUT2D eigenvalue weighted by molar-refractivity contribution is -0.123. The number of esters is 1. The van der Waals surface area contributed by atoms with Gasteiger partial charge in [-0.15, -0.1) is 0 Å². The van der Waals surface area contributed by atoms with Gasteiger partial charge in [0.15, 0.2) is 12.4 Å². The average Bonchev–Trinajstić information content (AvgIpc) is 3.25. The van der Waals surface area contributed by atoms with Crippen molar-refractivity contribution in [2.75, 3.05) is 42.6 Å². The van der Waals surface area contributed by atoms with Crippen LogP contribution >= 0.6 is 0 Å².